The van der Waals surface area contributed by atoms with Gasteiger partial charge in [0.15, 0.2) is 0 Å². The number of carbonyl (C=O) groups excluding carboxylic acids is 1. The minimum Gasteiger partial charge on any atom is -0.397 e. The maximum Gasteiger partial charge on any atom is 0.263 e. The number of hydrogen-bond donors (Lipinski definition) is 2. The zero-order chi connectivity index (χ0) is 20.0. The normalized spacial score (nSPS) is 13.7. The third kappa shape index (κ3) is 3.23. The molecule has 1 aromatic carbocycles. The van der Waals surface area contributed by atoms with Crippen molar-refractivity contribution in [1.82, 2.24) is 25.3 Å². The first-order valence-corrected chi connectivity index (χ1v) is 10.0. The number of anilines is 1. The molecule has 0 radical (unpaired) electrons. The Morgan fingerprint density at radius 3 is 2.93 bits per heavy atom. The van der Waals surface area contributed by atoms with Gasteiger partial charge in [0.1, 0.15) is 16.4 Å². The Bertz CT molecular complexity index is 1220. The lowest BCUT2D eigenvalue weighted by Crippen LogP contribution is -2.22. The van der Waals surface area contributed by atoms with Crippen molar-refractivity contribution in [2.24, 2.45) is 0 Å². The highest BCUT2D eigenvalue weighted by molar-refractivity contribution is 7.21. The summed E-state index contributed by atoms with van der Waals surface area (Å²) in [5.74, 6) is -0.222. The lowest BCUT2D eigenvalue weighted by Gasteiger charge is -2.08. The van der Waals surface area contributed by atoms with E-state index in [0.29, 0.717) is 27.7 Å². The summed E-state index contributed by atoms with van der Waals surface area (Å²) < 4.78 is 16.6. The van der Waals surface area contributed by atoms with E-state index in [9.17, 15) is 9.18 Å². The lowest BCUT2D eigenvalue weighted by molar-refractivity contribution is 0.0955. The SMILES string of the molecule is Nc1c(C(=O)NCc2ccc(-n3ccnn3)c(F)c2)sc2cncc(C3CC3)c12. The standard InChI is InChI=1S/C20H17FN6OS/c21-14-7-11(1-4-15(14)27-6-5-25-26-27)8-24-20(28)19-18(22)17-13(12-2-3-12)9-23-10-16(17)29-19/h1,4-7,9-10,12H,2-3,8,22H2,(H,24,28). The molecular weight excluding hydrogens is 391 g/mol. The zero-order valence-electron chi connectivity index (χ0n) is 15.3. The number of pyridine rings is 1. The Hall–Kier alpha value is -3.33. The molecular formula is C20H17FN6OS. The molecule has 3 N–H and O–H groups in total. The van der Waals surface area contributed by atoms with Gasteiger partial charge in [0.05, 0.1) is 22.8 Å². The predicted molar refractivity (Wildman–Crippen MR) is 108 cm³/mol. The van der Waals surface area contributed by atoms with Gasteiger partial charge in [0.2, 0.25) is 0 Å². The average molecular weight is 408 g/mol. The van der Waals surface area contributed by atoms with Crippen LogP contribution in [0.25, 0.3) is 15.8 Å². The van der Waals surface area contributed by atoms with E-state index in [2.05, 4.69) is 20.6 Å². The highest BCUT2D eigenvalue weighted by Crippen LogP contribution is 2.46. The molecule has 1 aliphatic carbocycles. The van der Waals surface area contributed by atoms with Crippen LogP contribution in [0.2, 0.25) is 0 Å². The van der Waals surface area contributed by atoms with Crippen LogP contribution in [0.1, 0.15) is 39.6 Å². The van der Waals surface area contributed by atoms with Crippen LogP contribution in [0.3, 0.4) is 0 Å². The van der Waals surface area contributed by atoms with Crippen molar-refractivity contribution in [1.29, 1.82) is 0 Å². The number of rotatable bonds is 5. The van der Waals surface area contributed by atoms with Gasteiger partial charge in [-0.2, -0.15) is 0 Å². The van der Waals surface area contributed by atoms with E-state index in [1.807, 2.05) is 6.20 Å². The number of thiophene rings is 1. The van der Waals surface area contributed by atoms with Crippen LogP contribution in [0.4, 0.5) is 10.1 Å². The molecule has 0 bridgehead atoms. The molecule has 0 saturated heterocycles. The van der Waals surface area contributed by atoms with Gasteiger partial charge in [-0.1, -0.05) is 11.3 Å². The van der Waals surface area contributed by atoms with Crippen LogP contribution in [0.15, 0.2) is 43.0 Å². The van der Waals surface area contributed by atoms with E-state index in [0.717, 1.165) is 28.5 Å². The first-order chi connectivity index (χ1) is 14.1. The molecule has 29 heavy (non-hydrogen) atoms. The summed E-state index contributed by atoms with van der Waals surface area (Å²) in [4.78, 5) is 17.5. The number of aromatic nitrogens is 4. The summed E-state index contributed by atoms with van der Waals surface area (Å²) in [6.45, 7) is 0.189. The first kappa shape index (κ1) is 17.7. The molecule has 3 heterocycles. The minimum atomic E-state index is -0.441. The van der Waals surface area contributed by atoms with Crippen LogP contribution in [-0.2, 0) is 6.54 Å². The summed E-state index contributed by atoms with van der Waals surface area (Å²) in [5.41, 5.74) is 8.88. The monoisotopic (exact) mass is 408 g/mol. The van der Waals surface area contributed by atoms with Gasteiger partial charge in [-0.25, -0.2) is 9.07 Å². The Balaban J connectivity index is 1.35. The molecule has 0 unspecified atom stereocenters. The number of amides is 1. The molecule has 146 valence electrons. The fourth-order valence-electron chi connectivity index (χ4n) is 3.42. The van der Waals surface area contributed by atoms with Crippen molar-refractivity contribution in [3.05, 3.63) is 64.8 Å². The zero-order valence-corrected chi connectivity index (χ0v) is 16.1. The molecule has 0 atom stereocenters. The van der Waals surface area contributed by atoms with Crippen molar-refractivity contribution in [2.75, 3.05) is 5.73 Å². The van der Waals surface area contributed by atoms with Crippen molar-refractivity contribution in [2.45, 2.75) is 25.3 Å². The number of nitrogens with two attached hydrogens (primary N) is 1. The Labute approximate surface area is 169 Å². The molecule has 1 fully saturated rings. The predicted octanol–water partition coefficient (Wildman–Crippen LogP) is 3.41. The van der Waals surface area contributed by atoms with E-state index in [1.165, 1.54) is 28.3 Å². The molecule has 0 aliphatic heterocycles. The number of nitrogens with zero attached hydrogens (tertiary/aromatic N) is 4. The molecule has 1 amide bonds. The Morgan fingerprint density at radius 1 is 1.34 bits per heavy atom. The van der Waals surface area contributed by atoms with E-state index in [1.54, 1.807) is 24.5 Å². The first-order valence-electron chi connectivity index (χ1n) is 9.21. The second-order valence-electron chi connectivity index (χ2n) is 7.04. The van der Waals surface area contributed by atoms with Gasteiger partial charge in [-0.15, -0.1) is 16.4 Å². The highest BCUT2D eigenvalue weighted by atomic mass is 32.1. The quantitative estimate of drug-likeness (QED) is 0.527. The molecule has 7 nitrogen and oxygen atoms in total. The fourth-order valence-corrected chi connectivity index (χ4v) is 4.46. The number of hydrogen-bond acceptors (Lipinski definition) is 6. The van der Waals surface area contributed by atoms with Gasteiger partial charge < -0.3 is 11.1 Å². The van der Waals surface area contributed by atoms with Crippen molar-refractivity contribution < 1.29 is 9.18 Å². The maximum atomic E-state index is 14.4. The van der Waals surface area contributed by atoms with E-state index in [4.69, 9.17) is 5.73 Å². The number of carbonyl (C=O) groups is 1. The molecule has 3 aromatic heterocycles. The molecule has 1 aliphatic rings. The number of benzene rings is 1. The van der Waals surface area contributed by atoms with Crippen LogP contribution in [0, 0.1) is 5.82 Å². The van der Waals surface area contributed by atoms with Gasteiger partial charge in [0.25, 0.3) is 5.91 Å². The van der Waals surface area contributed by atoms with Crippen LogP contribution in [-0.4, -0.2) is 25.9 Å². The van der Waals surface area contributed by atoms with Crippen LogP contribution < -0.4 is 11.1 Å². The molecule has 4 aromatic rings. The minimum absolute atomic E-state index is 0.189. The number of fused-ring (bicyclic) bond motifs is 1. The van der Waals surface area contributed by atoms with E-state index in [-0.39, 0.29) is 12.5 Å². The van der Waals surface area contributed by atoms with Gasteiger partial charge in [0, 0.05) is 24.3 Å². The number of nitrogens with one attached hydrogen (secondary N) is 1. The third-order valence-electron chi connectivity index (χ3n) is 5.02. The summed E-state index contributed by atoms with van der Waals surface area (Å²) >= 11 is 1.34. The number of nitrogen functional groups attached to an aromatic ring is 1. The van der Waals surface area contributed by atoms with Gasteiger partial charge >= 0.3 is 0 Å². The van der Waals surface area contributed by atoms with Crippen molar-refractivity contribution in [3.8, 4) is 5.69 Å². The second kappa shape index (κ2) is 6.93. The molecule has 1 saturated carbocycles. The van der Waals surface area contributed by atoms with Crippen molar-refractivity contribution in [3.63, 3.8) is 0 Å². The number of halogens is 1. The third-order valence-corrected chi connectivity index (χ3v) is 6.16. The Kier molecular flexibility index (Phi) is 4.24. The maximum absolute atomic E-state index is 14.4. The van der Waals surface area contributed by atoms with E-state index >= 15 is 0 Å². The topological polar surface area (TPSA) is 98.7 Å². The average Bonchev–Trinajstić information content (AvgIpc) is 3.32. The largest absolute Gasteiger partial charge is 0.397 e. The molecule has 0 spiro atoms. The smallest absolute Gasteiger partial charge is 0.263 e. The van der Waals surface area contributed by atoms with E-state index < -0.39 is 5.82 Å². The Morgan fingerprint density at radius 2 is 2.21 bits per heavy atom. The second-order valence-corrected chi connectivity index (χ2v) is 8.09. The van der Waals surface area contributed by atoms with Crippen LogP contribution >= 0.6 is 11.3 Å². The summed E-state index contributed by atoms with van der Waals surface area (Å²) in [6.07, 6.45) is 8.91. The summed E-state index contributed by atoms with van der Waals surface area (Å²) in [6, 6.07) is 4.72. The lowest BCUT2D eigenvalue weighted by atomic mass is 10.1. The van der Waals surface area contributed by atoms with Crippen LogP contribution in [0.5, 0.6) is 0 Å². The fraction of sp³-hybridized carbons (Fsp3) is 0.200. The highest BCUT2D eigenvalue weighted by Gasteiger charge is 2.28. The molecule has 9 heteroatoms. The summed E-state index contributed by atoms with van der Waals surface area (Å²) in [5, 5.41) is 11.2. The van der Waals surface area contributed by atoms with Crippen molar-refractivity contribution >= 4 is 33.0 Å². The molecule has 5 rings (SSSR count). The summed E-state index contributed by atoms with van der Waals surface area (Å²) in [7, 11) is 0. The van der Waals surface area contributed by atoms with Gasteiger partial charge in [-0.05, 0) is 42.0 Å². The van der Waals surface area contributed by atoms with Gasteiger partial charge in [-0.3, -0.25) is 9.78 Å².